The fourth-order valence-corrected chi connectivity index (χ4v) is 6.07. The number of halogens is 2. The van der Waals surface area contributed by atoms with Gasteiger partial charge < -0.3 is 15.2 Å². The van der Waals surface area contributed by atoms with Crippen molar-refractivity contribution in [3.8, 4) is 17.6 Å². The van der Waals surface area contributed by atoms with Crippen molar-refractivity contribution in [3.05, 3.63) is 110 Å². The molecule has 1 aliphatic carbocycles. The first-order valence-corrected chi connectivity index (χ1v) is 13.8. The molecule has 8 heteroatoms. The van der Waals surface area contributed by atoms with Crippen LogP contribution in [-0.4, -0.2) is 12.9 Å². The van der Waals surface area contributed by atoms with Crippen LogP contribution < -0.4 is 20.1 Å². The fraction of sp³-hybridized carbons (Fsp3) is 0.250. The van der Waals surface area contributed by atoms with E-state index in [1.807, 2.05) is 44.2 Å². The zero-order valence-electron chi connectivity index (χ0n) is 22.6. The summed E-state index contributed by atoms with van der Waals surface area (Å²) in [4.78, 5) is 15.4. The lowest BCUT2D eigenvalue weighted by Gasteiger charge is -2.40. The van der Waals surface area contributed by atoms with Crippen LogP contribution in [0.5, 0.6) is 11.5 Å². The lowest BCUT2D eigenvalue weighted by atomic mass is 9.73. The number of nitrogens with two attached hydrogens (primary N) is 1. The standard InChI is InChI=1S/C32H29Cl2N3O3/c1-18-13-20(17-40-23-10-8-22(39-3)9-11-23)19(2)24(14-18)30-25(16-35)32(36)37(27-12-7-21(33)15-26(27)34)28-5-4-6-29(38)31(28)30/h7-15,30H,4-6,17,36H2,1-3H3. The molecule has 0 saturated carbocycles. The molecule has 204 valence electrons. The van der Waals surface area contributed by atoms with E-state index in [2.05, 4.69) is 12.1 Å². The Hall–Kier alpha value is -3.92. The molecule has 0 radical (unpaired) electrons. The van der Waals surface area contributed by atoms with Gasteiger partial charge in [0.05, 0.1) is 35.4 Å². The molecule has 1 aliphatic heterocycles. The molecule has 6 nitrogen and oxygen atoms in total. The van der Waals surface area contributed by atoms with Crippen LogP contribution in [0.3, 0.4) is 0 Å². The second kappa shape index (κ2) is 11.3. The summed E-state index contributed by atoms with van der Waals surface area (Å²) in [6.45, 7) is 4.33. The molecule has 0 aromatic heterocycles. The number of hydrogen-bond donors (Lipinski definition) is 1. The molecular weight excluding hydrogens is 545 g/mol. The molecule has 1 heterocycles. The molecule has 2 N–H and O–H groups in total. The number of allylic oxidation sites excluding steroid dienone is 3. The van der Waals surface area contributed by atoms with E-state index in [0.29, 0.717) is 58.5 Å². The number of methoxy groups -OCH3 is 1. The Kier molecular flexibility index (Phi) is 7.80. The molecule has 3 aromatic carbocycles. The molecule has 0 bridgehead atoms. The second-order valence-electron chi connectivity index (χ2n) is 10.0. The summed E-state index contributed by atoms with van der Waals surface area (Å²) < 4.78 is 11.3. The quantitative estimate of drug-likeness (QED) is 0.328. The fourth-order valence-electron chi connectivity index (χ4n) is 5.58. The summed E-state index contributed by atoms with van der Waals surface area (Å²) in [6, 6.07) is 19.0. The van der Waals surface area contributed by atoms with E-state index in [1.165, 1.54) is 0 Å². The topological polar surface area (TPSA) is 88.6 Å². The predicted molar refractivity (Wildman–Crippen MR) is 158 cm³/mol. The number of hydrogen-bond acceptors (Lipinski definition) is 6. The minimum Gasteiger partial charge on any atom is -0.497 e. The first-order valence-electron chi connectivity index (χ1n) is 13.0. The Bertz CT molecular complexity index is 1600. The Labute approximate surface area is 244 Å². The number of anilines is 1. The molecule has 0 spiro atoms. The minimum absolute atomic E-state index is 0.0125. The van der Waals surface area contributed by atoms with Crippen LogP contribution in [-0.2, 0) is 11.4 Å². The third kappa shape index (κ3) is 5.03. The van der Waals surface area contributed by atoms with Crippen molar-refractivity contribution >= 4 is 34.7 Å². The van der Waals surface area contributed by atoms with E-state index in [0.717, 1.165) is 33.7 Å². The number of carbonyl (C=O) groups is 1. The SMILES string of the molecule is COc1ccc(OCc2cc(C)cc(C3C(C#N)=C(N)N(c4ccc(Cl)cc4Cl)C4=C3C(=O)CCC4)c2C)cc1. The average Bonchev–Trinajstić information content (AvgIpc) is 2.94. The summed E-state index contributed by atoms with van der Waals surface area (Å²) in [5.74, 6) is 1.16. The molecule has 40 heavy (non-hydrogen) atoms. The monoisotopic (exact) mass is 573 g/mol. The molecule has 2 aliphatic rings. The Morgan fingerprint density at radius 2 is 1.77 bits per heavy atom. The van der Waals surface area contributed by atoms with Gasteiger partial charge in [0.15, 0.2) is 5.78 Å². The normalized spacial score (nSPS) is 17.1. The Morgan fingerprint density at radius 3 is 2.45 bits per heavy atom. The molecule has 0 fully saturated rings. The highest BCUT2D eigenvalue weighted by atomic mass is 35.5. The van der Waals surface area contributed by atoms with Gasteiger partial charge in [-0.15, -0.1) is 0 Å². The molecule has 0 amide bonds. The summed E-state index contributed by atoms with van der Waals surface area (Å²) in [7, 11) is 1.62. The van der Waals surface area contributed by atoms with Gasteiger partial charge in [0.1, 0.15) is 23.9 Å². The van der Waals surface area contributed by atoms with Gasteiger partial charge in [-0.25, -0.2) is 0 Å². The summed E-state index contributed by atoms with van der Waals surface area (Å²) in [6.07, 6.45) is 1.73. The van der Waals surface area contributed by atoms with Crippen molar-refractivity contribution in [2.75, 3.05) is 12.0 Å². The molecule has 1 atom stereocenters. The lowest BCUT2D eigenvalue weighted by molar-refractivity contribution is -0.116. The van der Waals surface area contributed by atoms with Crippen LogP contribution in [0.1, 0.15) is 47.4 Å². The lowest BCUT2D eigenvalue weighted by Crippen LogP contribution is -2.39. The number of carbonyl (C=O) groups excluding carboxylic acids is 1. The second-order valence-corrected chi connectivity index (χ2v) is 10.9. The largest absolute Gasteiger partial charge is 0.497 e. The van der Waals surface area contributed by atoms with Crippen molar-refractivity contribution in [2.45, 2.75) is 45.6 Å². The Morgan fingerprint density at radius 1 is 1.05 bits per heavy atom. The van der Waals surface area contributed by atoms with Crippen molar-refractivity contribution in [3.63, 3.8) is 0 Å². The first-order chi connectivity index (χ1) is 19.2. The van der Waals surface area contributed by atoms with E-state index in [4.69, 9.17) is 38.4 Å². The van der Waals surface area contributed by atoms with Gasteiger partial charge in [-0.2, -0.15) is 5.26 Å². The van der Waals surface area contributed by atoms with Crippen LogP contribution in [0, 0.1) is 25.2 Å². The number of nitrogens with zero attached hydrogens (tertiary/aromatic N) is 2. The van der Waals surface area contributed by atoms with Gasteiger partial charge in [0.2, 0.25) is 0 Å². The minimum atomic E-state index is -0.588. The van der Waals surface area contributed by atoms with E-state index >= 15 is 0 Å². The number of ether oxygens (including phenoxy) is 2. The zero-order valence-corrected chi connectivity index (χ0v) is 24.1. The molecule has 5 rings (SSSR count). The summed E-state index contributed by atoms with van der Waals surface area (Å²) in [5.41, 5.74) is 12.8. The highest BCUT2D eigenvalue weighted by molar-refractivity contribution is 6.36. The van der Waals surface area contributed by atoms with Gasteiger partial charge in [-0.3, -0.25) is 9.69 Å². The number of aryl methyl sites for hydroxylation is 1. The predicted octanol–water partition coefficient (Wildman–Crippen LogP) is 7.50. The van der Waals surface area contributed by atoms with Crippen molar-refractivity contribution in [1.82, 2.24) is 0 Å². The Balaban J connectivity index is 1.62. The van der Waals surface area contributed by atoms with Gasteiger partial charge in [-0.1, -0.05) is 40.9 Å². The van der Waals surface area contributed by atoms with E-state index in [9.17, 15) is 10.1 Å². The molecule has 3 aromatic rings. The third-order valence-corrected chi connectivity index (χ3v) is 8.07. The van der Waals surface area contributed by atoms with Gasteiger partial charge in [-0.05, 0) is 85.8 Å². The maximum Gasteiger partial charge on any atom is 0.161 e. The highest BCUT2D eigenvalue weighted by Gasteiger charge is 2.41. The van der Waals surface area contributed by atoms with Crippen LogP contribution >= 0.6 is 23.2 Å². The van der Waals surface area contributed by atoms with Gasteiger partial charge in [0.25, 0.3) is 0 Å². The van der Waals surface area contributed by atoms with E-state index in [-0.39, 0.29) is 11.6 Å². The molecule has 1 unspecified atom stereocenters. The zero-order chi connectivity index (χ0) is 28.6. The van der Waals surface area contributed by atoms with E-state index in [1.54, 1.807) is 30.2 Å². The van der Waals surface area contributed by atoms with Crippen LogP contribution in [0.25, 0.3) is 0 Å². The summed E-state index contributed by atoms with van der Waals surface area (Å²) in [5, 5.41) is 11.3. The van der Waals surface area contributed by atoms with E-state index < -0.39 is 5.92 Å². The molecular formula is C32H29Cl2N3O3. The summed E-state index contributed by atoms with van der Waals surface area (Å²) >= 11 is 12.8. The maximum absolute atomic E-state index is 13.6. The van der Waals surface area contributed by atoms with Crippen molar-refractivity contribution in [1.29, 1.82) is 5.26 Å². The molecule has 0 saturated heterocycles. The van der Waals surface area contributed by atoms with Crippen LogP contribution in [0.4, 0.5) is 5.69 Å². The van der Waals surface area contributed by atoms with Gasteiger partial charge >= 0.3 is 0 Å². The van der Waals surface area contributed by atoms with Crippen molar-refractivity contribution < 1.29 is 14.3 Å². The number of rotatable bonds is 6. The van der Waals surface area contributed by atoms with Gasteiger partial charge in [0, 0.05) is 22.7 Å². The number of benzene rings is 3. The highest BCUT2D eigenvalue weighted by Crippen LogP contribution is 2.48. The maximum atomic E-state index is 13.6. The first kappa shape index (κ1) is 27.6. The number of nitriles is 1. The average molecular weight is 575 g/mol. The number of ketones is 1. The van der Waals surface area contributed by atoms with Crippen LogP contribution in [0.2, 0.25) is 10.0 Å². The number of Topliss-reactive ketones (excluding diaryl/α,β-unsaturated/α-hetero) is 1. The van der Waals surface area contributed by atoms with Crippen LogP contribution in [0.15, 0.2) is 77.3 Å². The third-order valence-electron chi connectivity index (χ3n) is 7.53. The smallest absolute Gasteiger partial charge is 0.161 e. The van der Waals surface area contributed by atoms with Crippen molar-refractivity contribution in [2.24, 2.45) is 5.73 Å².